The Labute approximate surface area is 749 Å². The molecule has 128 heavy (non-hydrogen) atoms. The number of unbranched alkanes of at least 4 members (excludes halogenated alkanes) is 1. The molecule has 20 N–H and O–H groups in total. The molecule has 5 saturated heterocycles. The quantitative estimate of drug-likeness (QED) is 0.0185. The van der Waals surface area contributed by atoms with Crippen molar-refractivity contribution in [3.8, 4) is 6.01 Å². The summed E-state index contributed by atoms with van der Waals surface area (Å²) in [6.07, 6.45) is 26.7. The van der Waals surface area contributed by atoms with Gasteiger partial charge in [-0.2, -0.15) is 9.97 Å². The third-order valence-corrected chi connectivity index (χ3v) is 30.3. The van der Waals surface area contributed by atoms with Crippen LogP contribution in [0.15, 0.2) is 36.8 Å². The van der Waals surface area contributed by atoms with E-state index in [0.29, 0.717) is 141 Å². The van der Waals surface area contributed by atoms with Crippen LogP contribution < -0.4 is 33.4 Å². The second kappa shape index (κ2) is 41.9. The van der Waals surface area contributed by atoms with Crippen LogP contribution in [-0.4, -0.2) is 383 Å². The van der Waals surface area contributed by atoms with E-state index in [0.717, 1.165) is 56.5 Å². The molecule has 0 amide bonds. The van der Waals surface area contributed by atoms with E-state index < -0.39 is 157 Å². The van der Waals surface area contributed by atoms with Gasteiger partial charge in [0.05, 0.1) is 69.3 Å². The van der Waals surface area contributed by atoms with E-state index in [1.165, 1.54) is 44.2 Å². The van der Waals surface area contributed by atoms with Crippen LogP contribution in [0.3, 0.4) is 0 Å². The summed E-state index contributed by atoms with van der Waals surface area (Å²) in [7, 11) is 1.44. The minimum atomic E-state index is -1.25. The van der Waals surface area contributed by atoms with Gasteiger partial charge in [-0.1, -0.05) is 39.0 Å². The summed E-state index contributed by atoms with van der Waals surface area (Å²) < 4.78 is 43.0. The van der Waals surface area contributed by atoms with Crippen molar-refractivity contribution in [2.24, 2.45) is 0 Å². The van der Waals surface area contributed by atoms with Crippen LogP contribution in [0.1, 0.15) is 121 Å². The number of methoxy groups -OCH3 is 1. The van der Waals surface area contributed by atoms with Gasteiger partial charge >= 0.3 is 6.01 Å². The van der Waals surface area contributed by atoms with Gasteiger partial charge in [0, 0.05) is 19.3 Å². The van der Waals surface area contributed by atoms with Gasteiger partial charge in [-0.05, 0) is 149 Å². The number of thioether (sulfide) groups is 1. The number of aliphatic hydroxyl groups excluding tert-OH is 10. The number of anilines is 5. The van der Waals surface area contributed by atoms with Crippen LogP contribution in [0, 0.1) is 0 Å². The summed E-state index contributed by atoms with van der Waals surface area (Å²) in [5.74, 6) is 3.26. The normalized spacial score (nSPS) is 26.9. The average Bonchev–Trinajstić information content (AvgIpc) is 1.64. The number of imidazole rings is 5. The molecule has 0 spiro atoms. The van der Waals surface area contributed by atoms with Crippen LogP contribution >= 0.6 is 46.2 Å². The van der Waals surface area contributed by atoms with E-state index in [1.807, 2.05) is 20.1 Å². The molecule has 20 atom stereocenters. The van der Waals surface area contributed by atoms with Crippen molar-refractivity contribution in [2.75, 3.05) is 139 Å². The predicted octanol–water partition coefficient (Wildman–Crippen LogP) is 4.22. The summed E-state index contributed by atoms with van der Waals surface area (Å²) in [6, 6.07) is 0.0972. The zero-order valence-electron chi connectivity index (χ0n) is 75.7. The minimum absolute atomic E-state index is 0.0972. The van der Waals surface area contributed by atoms with E-state index in [4.69, 9.17) is 57.1 Å². The topological polar surface area (TPSA) is 606 Å². The Morgan fingerprint density at radius 1 is 0.344 bits per heavy atom. The minimum Gasteiger partial charge on any atom is -0.467 e. The first-order valence-corrected chi connectivity index (χ1v) is 59.0. The maximum Gasteiger partial charge on any atom is 0.320 e. The van der Waals surface area contributed by atoms with Crippen molar-refractivity contribution in [1.82, 2.24) is 97.6 Å². The number of nitrogens with two attached hydrogens (primary N) is 5. The lowest BCUT2D eigenvalue weighted by atomic mass is 10.1. The van der Waals surface area contributed by atoms with Crippen molar-refractivity contribution in [2.45, 2.75) is 219 Å². The Kier molecular flexibility index (Phi) is 33.2. The molecule has 15 rings (SSSR count). The number of hydrogen-bond donors (Lipinski definition) is 15. The van der Waals surface area contributed by atoms with Crippen molar-refractivity contribution >= 4 is 163 Å². The standard InChI is InChI=1S/C18H30N5O3P.C17H28N5O3P.C16H26N5O3P.C15H24N5O4P.C15H24N5O3PS/c1-5-6-7-12-21-16(19)13-17(22-12)23(10-20-13)18-15(25)14(24)11(26-18)8-9-27(2,3)4;1-5-6-11-20-15(18)12-16(21-11)22(9-19-12)17-14(24)13(23)10(25-17)7-8-26(2,3)4;1-5-10-19-14(17)11-15(20-10)21(8-18-11)16-13(23)12(22)9(24-16)6-7-25(2,3)4;1-23-15-18-12(16)9-13(19-15)20(7-17-9)14-11(22)10(21)8(24-14)5-6-25(2,3)4;1-24(2,3)6-5-8-10(21)11(22)14(23-8)20-7-17-9-12(16)18-15(25-4)19-13(9)20/h10-11,14-15,18,24-25H,2,5-9H2,1,3-4H3,(H2,19,21,22);9-10,13-14,17,23-24H,2,5-8H2,1,3-4H3,(H2,18,20,21);8-9,12-13,16,22-23H,2,5-7H2,1,3-4H3,(H2,17,19,20);7-8,10-11,14,21-22H,2,5-6H2,1,3-4H3,(H2,16,18,19);7-8,10-11,14,21-22H,1,5-6H2,2-4H3,(H2,16,18,19)/t11-,14-,15-,18-;10-,13-,14-,17-;9-,12-,13-,16-;2*8-,10-,11-,14-/m11111/s1. The first-order chi connectivity index (χ1) is 60.0. The SMILES string of the molecule is C=P(C)(C)CC[C@H]1O[C@@H](n2cnc3c(N)nc(CC)nc32)[C@H](O)[C@@H]1O.C=P(C)(C)CC[C@H]1O[C@@H](n2cnc3c(N)nc(CCC)nc32)[C@H](O)[C@@H]1O.C=P(C)(C)CC[C@H]1O[C@@H](n2cnc3c(N)nc(CCCC)nc32)[C@H](O)[C@@H]1O.C=P(C)(C)CC[C@H]1O[C@@H](n2cnc3c(N)nc(OC)nc32)[C@H](O)[C@@H]1O.C=P(C)(C)CC[C@H]1O[C@@H](n2cnc3c(N)nc(SC)nc32)[C@H](O)[C@@H]1O. The van der Waals surface area contributed by atoms with E-state index in [-0.39, 0.29) is 17.6 Å². The van der Waals surface area contributed by atoms with Gasteiger partial charge in [0.2, 0.25) is 0 Å². The Hall–Kier alpha value is -7.20. The van der Waals surface area contributed by atoms with Gasteiger partial charge < -0.3 is 108 Å². The monoisotopic (exact) mass is 1900 g/mol. The predicted molar refractivity (Wildman–Crippen MR) is 515 cm³/mol. The largest absolute Gasteiger partial charge is 0.467 e. The van der Waals surface area contributed by atoms with Crippen molar-refractivity contribution < 1.29 is 79.5 Å². The number of aryl methyl sites for hydroxylation is 3. The molecular weight excluding hydrogens is 1770 g/mol. The Bertz CT molecular complexity index is 5410. The molecule has 15 heterocycles. The highest BCUT2D eigenvalue weighted by atomic mass is 32.2. The smallest absolute Gasteiger partial charge is 0.320 e. The molecule has 0 aliphatic carbocycles. The molecule has 0 unspecified atom stereocenters. The zero-order chi connectivity index (χ0) is 93.9. The van der Waals surface area contributed by atoms with Crippen LogP contribution in [-0.2, 0) is 42.9 Å². The van der Waals surface area contributed by atoms with Crippen LogP contribution in [0.25, 0.3) is 55.8 Å². The zero-order valence-corrected chi connectivity index (χ0v) is 81.0. The molecule has 5 aliphatic rings. The van der Waals surface area contributed by atoms with Crippen molar-refractivity contribution in [3.63, 3.8) is 0 Å². The fourth-order valence-corrected chi connectivity index (χ4v) is 20.4. The number of nitrogen functional groups attached to an aromatic ring is 5. The van der Waals surface area contributed by atoms with Gasteiger partial charge in [0.1, 0.15) is 101 Å². The molecular formula is C81H132N25O16P5S. The van der Waals surface area contributed by atoms with E-state index in [9.17, 15) is 51.1 Å². The van der Waals surface area contributed by atoms with E-state index in [2.05, 4.69) is 180 Å². The Morgan fingerprint density at radius 3 is 0.852 bits per heavy atom. The van der Waals surface area contributed by atoms with Gasteiger partial charge in [0.25, 0.3) is 0 Å². The average molecular weight is 1900 g/mol. The lowest BCUT2D eigenvalue weighted by Crippen LogP contribution is -2.31. The van der Waals surface area contributed by atoms with Gasteiger partial charge in [-0.15, -0.1) is 65.9 Å². The van der Waals surface area contributed by atoms with Gasteiger partial charge in [0.15, 0.2) is 99.1 Å². The highest BCUT2D eigenvalue weighted by Gasteiger charge is 2.49. The Morgan fingerprint density at radius 2 is 0.594 bits per heavy atom. The molecule has 47 heteroatoms. The molecule has 0 aromatic carbocycles. The van der Waals surface area contributed by atoms with Crippen molar-refractivity contribution in [1.29, 1.82) is 0 Å². The first-order valence-electron chi connectivity index (χ1n) is 42.5. The highest BCUT2D eigenvalue weighted by molar-refractivity contribution is 7.98. The lowest BCUT2D eigenvalue weighted by Gasteiger charge is -2.18. The number of aromatic nitrogens is 20. The number of nitrogens with zero attached hydrogens (tertiary/aromatic N) is 20. The number of rotatable bonds is 28. The van der Waals surface area contributed by atoms with Crippen LogP contribution in [0.4, 0.5) is 29.1 Å². The number of aliphatic hydroxyl groups is 10. The lowest BCUT2D eigenvalue weighted by molar-refractivity contribution is -0.0353. The molecule has 10 aromatic heterocycles. The number of ether oxygens (including phenoxy) is 6. The van der Waals surface area contributed by atoms with E-state index >= 15 is 0 Å². The fourth-order valence-electron chi connectivity index (χ4n) is 15.2. The molecule has 5 aliphatic heterocycles. The summed E-state index contributed by atoms with van der Waals surface area (Å²) in [4.78, 5) is 64.4. The summed E-state index contributed by atoms with van der Waals surface area (Å²) in [5, 5.41) is 105. The molecule has 0 bridgehead atoms. The third-order valence-electron chi connectivity index (χ3n) is 22.4. The highest BCUT2D eigenvalue weighted by Crippen LogP contribution is 2.47. The number of fused-ring (bicyclic) bond motifs is 5. The van der Waals surface area contributed by atoms with Crippen LogP contribution in [0.5, 0.6) is 6.01 Å². The molecule has 10 aromatic rings. The molecule has 708 valence electrons. The maximum atomic E-state index is 10.6. The van der Waals surface area contributed by atoms with Gasteiger partial charge in [-0.25, -0.2) is 64.8 Å². The van der Waals surface area contributed by atoms with Crippen molar-refractivity contribution in [3.05, 3.63) is 49.1 Å². The van der Waals surface area contributed by atoms with Crippen LogP contribution in [0.2, 0.25) is 0 Å². The molecule has 0 saturated carbocycles. The van der Waals surface area contributed by atoms with E-state index in [1.54, 1.807) is 29.2 Å². The second-order valence-electron chi connectivity index (χ2n) is 36.6. The second-order valence-corrected chi connectivity index (χ2v) is 58.9. The molecule has 41 nitrogen and oxygen atoms in total. The molecule has 0 radical (unpaired) electrons. The molecule has 5 fully saturated rings. The number of hydrogen-bond acceptors (Lipinski definition) is 37. The summed E-state index contributed by atoms with van der Waals surface area (Å²) >= 11 is 1.37. The summed E-state index contributed by atoms with van der Waals surface area (Å²) in [6.45, 7) is 21.3. The summed E-state index contributed by atoms with van der Waals surface area (Å²) in [5.41, 5.74) is 34.5. The first kappa shape index (κ1) is 101. The maximum absolute atomic E-state index is 10.6. The fraction of sp³-hybridized carbons (Fsp3) is 0.630. The van der Waals surface area contributed by atoms with Gasteiger partial charge in [-0.3, -0.25) is 22.8 Å². The third kappa shape index (κ3) is 24.2. The Balaban J connectivity index is 0.000000155.